The maximum Gasteiger partial charge on any atom is 0.237 e. The van der Waals surface area contributed by atoms with E-state index in [4.69, 9.17) is 16.3 Å². The summed E-state index contributed by atoms with van der Waals surface area (Å²) in [6.07, 6.45) is 4.88. The quantitative estimate of drug-likeness (QED) is 0.762. The summed E-state index contributed by atoms with van der Waals surface area (Å²) in [5, 5.41) is 3.28. The minimum Gasteiger partial charge on any atom is -0.476 e. The fourth-order valence-electron chi connectivity index (χ4n) is 1.09. The predicted octanol–water partition coefficient (Wildman–Crippen LogP) is 2.74. The number of hydrogen-bond acceptors (Lipinski definition) is 4. The molecule has 5 heteroatoms. The average Bonchev–Trinajstić information content (AvgIpc) is 2.26. The second kappa shape index (κ2) is 6.45. The van der Waals surface area contributed by atoms with Crippen molar-refractivity contribution in [1.29, 1.82) is 0 Å². The van der Waals surface area contributed by atoms with E-state index >= 15 is 0 Å². The van der Waals surface area contributed by atoms with Crippen LogP contribution in [0.15, 0.2) is 6.20 Å². The molecule has 0 aromatic carbocycles. The molecule has 0 saturated carbocycles. The van der Waals surface area contributed by atoms with E-state index in [2.05, 4.69) is 22.2 Å². The van der Waals surface area contributed by atoms with Crippen molar-refractivity contribution in [2.45, 2.75) is 26.2 Å². The molecule has 0 aliphatic rings. The van der Waals surface area contributed by atoms with E-state index in [1.807, 2.05) is 0 Å². The van der Waals surface area contributed by atoms with E-state index < -0.39 is 0 Å². The Morgan fingerprint density at radius 1 is 1.47 bits per heavy atom. The smallest absolute Gasteiger partial charge is 0.237 e. The number of anilines is 1. The molecule has 1 aromatic heterocycles. The van der Waals surface area contributed by atoms with Gasteiger partial charge in [0, 0.05) is 7.05 Å². The fourth-order valence-corrected chi connectivity index (χ4v) is 1.24. The van der Waals surface area contributed by atoms with Crippen molar-refractivity contribution in [2.24, 2.45) is 0 Å². The van der Waals surface area contributed by atoms with E-state index in [1.54, 1.807) is 7.05 Å². The summed E-state index contributed by atoms with van der Waals surface area (Å²) in [4.78, 5) is 8.08. The molecule has 0 radical (unpaired) electrons. The molecule has 1 heterocycles. The molecule has 4 nitrogen and oxygen atoms in total. The van der Waals surface area contributed by atoms with Gasteiger partial charge in [-0.2, -0.15) is 4.98 Å². The Labute approximate surface area is 95.0 Å². The van der Waals surface area contributed by atoms with Crippen LogP contribution in [0.2, 0.25) is 5.02 Å². The van der Waals surface area contributed by atoms with Crippen molar-refractivity contribution in [3.63, 3.8) is 0 Å². The van der Waals surface area contributed by atoms with Gasteiger partial charge in [0.15, 0.2) is 0 Å². The van der Waals surface area contributed by atoms with Gasteiger partial charge >= 0.3 is 0 Å². The van der Waals surface area contributed by atoms with Crippen molar-refractivity contribution in [1.82, 2.24) is 9.97 Å². The van der Waals surface area contributed by atoms with Crippen LogP contribution in [0.25, 0.3) is 0 Å². The lowest BCUT2D eigenvalue weighted by Gasteiger charge is -2.07. The number of halogens is 1. The van der Waals surface area contributed by atoms with Gasteiger partial charge in [0.1, 0.15) is 5.02 Å². The normalized spacial score (nSPS) is 10.1. The Kier molecular flexibility index (Phi) is 5.18. The molecule has 0 unspecified atom stereocenters. The van der Waals surface area contributed by atoms with Crippen LogP contribution in [0.3, 0.4) is 0 Å². The molecule has 0 aliphatic heterocycles. The lowest BCUT2D eigenvalue weighted by Crippen LogP contribution is -2.03. The molecule has 15 heavy (non-hydrogen) atoms. The standard InChI is InChI=1S/C10H16ClN3O/c1-3-4-5-6-15-9-8(11)7-13-10(12-2)14-9/h7H,3-6H2,1-2H3,(H,12,13,14). The first-order valence-electron chi connectivity index (χ1n) is 5.11. The molecular formula is C10H16ClN3O. The van der Waals surface area contributed by atoms with Gasteiger partial charge in [0.25, 0.3) is 0 Å². The zero-order valence-electron chi connectivity index (χ0n) is 9.09. The average molecular weight is 230 g/mol. The first-order chi connectivity index (χ1) is 7.27. The zero-order chi connectivity index (χ0) is 11.1. The Morgan fingerprint density at radius 2 is 2.27 bits per heavy atom. The summed E-state index contributed by atoms with van der Waals surface area (Å²) in [6, 6.07) is 0. The molecule has 1 aromatic rings. The van der Waals surface area contributed by atoms with E-state index in [0.29, 0.717) is 23.5 Å². The van der Waals surface area contributed by atoms with Crippen LogP contribution in [-0.4, -0.2) is 23.6 Å². The van der Waals surface area contributed by atoms with E-state index in [1.165, 1.54) is 12.6 Å². The number of rotatable bonds is 6. The summed E-state index contributed by atoms with van der Waals surface area (Å²) >= 11 is 5.89. The highest BCUT2D eigenvalue weighted by Gasteiger charge is 2.05. The van der Waals surface area contributed by atoms with Crippen LogP contribution in [0.1, 0.15) is 26.2 Å². The highest BCUT2D eigenvalue weighted by atomic mass is 35.5. The summed E-state index contributed by atoms with van der Waals surface area (Å²) in [5.74, 6) is 0.969. The molecule has 1 N–H and O–H groups in total. The second-order valence-electron chi connectivity index (χ2n) is 3.15. The molecule has 84 valence electrons. The minimum atomic E-state index is 0.450. The first-order valence-corrected chi connectivity index (χ1v) is 5.48. The molecule has 0 bridgehead atoms. The summed E-state index contributed by atoms with van der Waals surface area (Å²) in [7, 11) is 1.75. The summed E-state index contributed by atoms with van der Waals surface area (Å²) in [6.45, 7) is 2.80. The van der Waals surface area contributed by atoms with Gasteiger partial charge in [-0.05, 0) is 6.42 Å². The Balaban J connectivity index is 2.51. The molecule has 0 spiro atoms. The monoisotopic (exact) mass is 229 g/mol. The largest absolute Gasteiger partial charge is 0.476 e. The maximum atomic E-state index is 5.89. The van der Waals surface area contributed by atoms with Gasteiger partial charge in [0.05, 0.1) is 12.8 Å². The molecule has 1 rings (SSSR count). The zero-order valence-corrected chi connectivity index (χ0v) is 9.84. The van der Waals surface area contributed by atoms with Gasteiger partial charge in [-0.25, -0.2) is 4.98 Å². The van der Waals surface area contributed by atoms with Crippen molar-refractivity contribution in [3.05, 3.63) is 11.2 Å². The third-order valence-electron chi connectivity index (χ3n) is 1.92. The van der Waals surface area contributed by atoms with Gasteiger partial charge in [0.2, 0.25) is 11.8 Å². The lowest BCUT2D eigenvalue weighted by molar-refractivity contribution is 0.295. The molecule has 0 aliphatic carbocycles. The van der Waals surface area contributed by atoms with Crippen molar-refractivity contribution in [3.8, 4) is 5.88 Å². The number of nitrogens with zero attached hydrogens (tertiary/aromatic N) is 2. The van der Waals surface area contributed by atoms with Crippen molar-refractivity contribution in [2.75, 3.05) is 19.0 Å². The van der Waals surface area contributed by atoms with Crippen LogP contribution >= 0.6 is 11.6 Å². The van der Waals surface area contributed by atoms with Crippen LogP contribution < -0.4 is 10.1 Å². The SMILES string of the molecule is CCCCCOc1nc(NC)ncc1Cl. The van der Waals surface area contributed by atoms with E-state index in [-0.39, 0.29) is 0 Å². The Bertz CT molecular complexity index is 307. The lowest BCUT2D eigenvalue weighted by atomic mass is 10.3. The van der Waals surface area contributed by atoms with Gasteiger partial charge < -0.3 is 10.1 Å². The second-order valence-corrected chi connectivity index (χ2v) is 3.56. The van der Waals surface area contributed by atoms with Crippen molar-refractivity contribution >= 4 is 17.5 Å². The third-order valence-corrected chi connectivity index (χ3v) is 2.18. The van der Waals surface area contributed by atoms with Gasteiger partial charge in [-0.3, -0.25) is 0 Å². The van der Waals surface area contributed by atoms with E-state index in [9.17, 15) is 0 Å². The van der Waals surface area contributed by atoms with Gasteiger partial charge in [-0.15, -0.1) is 0 Å². The number of ether oxygens (including phenoxy) is 1. The van der Waals surface area contributed by atoms with Crippen LogP contribution in [0, 0.1) is 0 Å². The van der Waals surface area contributed by atoms with Crippen LogP contribution in [0.5, 0.6) is 5.88 Å². The minimum absolute atomic E-state index is 0.450. The van der Waals surface area contributed by atoms with E-state index in [0.717, 1.165) is 12.8 Å². The Morgan fingerprint density at radius 3 is 2.93 bits per heavy atom. The van der Waals surface area contributed by atoms with Crippen molar-refractivity contribution < 1.29 is 4.74 Å². The van der Waals surface area contributed by atoms with Crippen LogP contribution in [0.4, 0.5) is 5.95 Å². The molecule has 0 fully saturated rings. The van der Waals surface area contributed by atoms with Gasteiger partial charge in [-0.1, -0.05) is 31.4 Å². The number of hydrogen-bond donors (Lipinski definition) is 1. The maximum absolute atomic E-state index is 5.89. The fraction of sp³-hybridized carbons (Fsp3) is 0.600. The van der Waals surface area contributed by atoms with Crippen LogP contribution in [-0.2, 0) is 0 Å². The highest BCUT2D eigenvalue weighted by Crippen LogP contribution is 2.21. The number of aromatic nitrogens is 2. The predicted molar refractivity (Wildman–Crippen MR) is 61.6 cm³/mol. The topological polar surface area (TPSA) is 47.0 Å². The Hall–Kier alpha value is -1.03. The highest BCUT2D eigenvalue weighted by molar-refractivity contribution is 6.31. The molecule has 0 atom stereocenters. The molecule has 0 saturated heterocycles. The molecular weight excluding hydrogens is 214 g/mol. The summed E-state index contributed by atoms with van der Waals surface area (Å²) < 4.78 is 5.46. The number of nitrogens with one attached hydrogen (secondary N) is 1. The molecule has 0 amide bonds. The third kappa shape index (κ3) is 3.91. The first kappa shape index (κ1) is 12.0. The number of unbranched alkanes of at least 4 members (excludes halogenated alkanes) is 2. The summed E-state index contributed by atoms with van der Waals surface area (Å²) in [5.41, 5.74) is 0.